The van der Waals surface area contributed by atoms with Gasteiger partial charge in [0.25, 0.3) is 0 Å². The Morgan fingerprint density at radius 1 is 1.15 bits per heavy atom. The minimum absolute atomic E-state index is 0.137. The van der Waals surface area contributed by atoms with Crippen molar-refractivity contribution in [1.82, 2.24) is 4.90 Å². The van der Waals surface area contributed by atoms with Crippen LogP contribution in [0.1, 0.15) is 49.3 Å². The summed E-state index contributed by atoms with van der Waals surface area (Å²) in [5, 5.41) is 11.3. The Balaban J connectivity index is 1.67. The number of likely N-dealkylation sites (tertiary alicyclic amines) is 1. The smallest absolute Gasteiger partial charge is 0.123 e. The van der Waals surface area contributed by atoms with Crippen molar-refractivity contribution in [2.45, 2.75) is 50.3 Å². The van der Waals surface area contributed by atoms with Gasteiger partial charge in [-0.3, -0.25) is 4.90 Å². The van der Waals surface area contributed by atoms with E-state index >= 15 is 0 Å². The standard InChI is InChI=1S/C23H28FNO2/c1-27-20-10-8-18(9-11-20)22-21-7-2-3-12-23(21,26)13-14-25(22)16-17-5-4-6-19(24)15-17/h4-6,8-11,15,21-22,26H,2-3,7,12-14,16H2,1H3. The first-order valence-corrected chi connectivity index (χ1v) is 9.94. The molecule has 0 bridgehead atoms. The quantitative estimate of drug-likeness (QED) is 0.848. The molecule has 3 nitrogen and oxygen atoms in total. The Kier molecular flexibility index (Phi) is 5.20. The number of nitrogens with zero attached hydrogens (tertiary/aromatic N) is 1. The second-order valence-electron chi connectivity index (χ2n) is 8.02. The highest BCUT2D eigenvalue weighted by molar-refractivity contribution is 5.31. The summed E-state index contributed by atoms with van der Waals surface area (Å²) < 4.78 is 19.0. The minimum Gasteiger partial charge on any atom is -0.497 e. The summed E-state index contributed by atoms with van der Waals surface area (Å²) in [7, 11) is 1.67. The van der Waals surface area contributed by atoms with Gasteiger partial charge in [-0.1, -0.05) is 37.1 Å². The second-order valence-corrected chi connectivity index (χ2v) is 8.02. The van der Waals surface area contributed by atoms with Crippen molar-refractivity contribution < 1.29 is 14.2 Å². The van der Waals surface area contributed by atoms with E-state index in [1.807, 2.05) is 18.2 Å². The summed E-state index contributed by atoms with van der Waals surface area (Å²) in [6.45, 7) is 1.52. The number of hydrogen-bond donors (Lipinski definition) is 1. The molecule has 1 aliphatic carbocycles. The summed E-state index contributed by atoms with van der Waals surface area (Å²) in [5.74, 6) is 0.853. The number of halogens is 1. The first-order chi connectivity index (χ1) is 13.1. The number of fused-ring (bicyclic) bond motifs is 1. The summed E-state index contributed by atoms with van der Waals surface area (Å²) in [4.78, 5) is 2.42. The van der Waals surface area contributed by atoms with Gasteiger partial charge in [-0.05, 0) is 54.7 Å². The molecule has 2 aromatic rings. The molecule has 2 aromatic carbocycles. The molecule has 4 heteroatoms. The highest BCUT2D eigenvalue weighted by atomic mass is 19.1. The fourth-order valence-corrected chi connectivity index (χ4v) is 5.03. The van der Waals surface area contributed by atoms with Gasteiger partial charge in [0.15, 0.2) is 0 Å². The van der Waals surface area contributed by atoms with Crippen molar-refractivity contribution in [2.75, 3.05) is 13.7 Å². The maximum atomic E-state index is 13.7. The van der Waals surface area contributed by atoms with Crippen molar-refractivity contribution in [3.63, 3.8) is 0 Å². The molecule has 3 atom stereocenters. The van der Waals surface area contributed by atoms with E-state index < -0.39 is 5.60 Å². The number of methoxy groups -OCH3 is 1. The third kappa shape index (κ3) is 3.74. The van der Waals surface area contributed by atoms with Gasteiger partial charge >= 0.3 is 0 Å². The van der Waals surface area contributed by atoms with Crippen molar-refractivity contribution in [3.8, 4) is 5.75 Å². The highest BCUT2D eigenvalue weighted by Gasteiger charge is 2.48. The average Bonchev–Trinajstić information content (AvgIpc) is 2.68. The molecule has 0 spiro atoms. The molecule has 1 saturated carbocycles. The molecule has 1 heterocycles. The zero-order valence-electron chi connectivity index (χ0n) is 15.9. The number of benzene rings is 2. The van der Waals surface area contributed by atoms with Crippen LogP contribution in [0.3, 0.4) is 0 Å². The SMILES string of the molecule is COc1ccc(C2C3CCCCC3(O)CCN2Cc2cccc(F)c2)cc1. The Hall–Kier alpha value is -1.91. The van der Waals surface area contributed by atoms with E-state index in [1.54, 1.807) is 19.2 Å². The van der Waals surface area contributed by atoms with Crippen molar-refractivity contribution in [3.05, 3.63) is 65.5 Å². The molecule has 4 rings (SSSR count). The predicted molar refractivity (Wildman–Crippen MR) is 104 cm³/mol. The van der Waals surface area contributed by atoms with Gasteiger partial charge < -0.3 is 9.84 Å². The molecule has 144 valence electrons. The maximum Gasteiger partial charge on any atom is 0.123 e. The molecule has 1 saturated heterocycles. The largest absolute Gasteiger partial charge is 0.497 e. The Morgan fingerprint density at radius 2 is 1.96 bits per heavy atom. The van der Waals surface area contributed by atoms with Gasteiger partial charge in [0.1, 0.15) is 11.6 Å². The summed E-state index contributed by atoms with van der Waals surface area (Å²) in [6.07, 6.45) is 4.98. The average molecular weight is 369 g/mol. The molecule has 1 aliphatic heterocycles. The lowest BCUT2D eigenvalue weighted by atomic mass is 9.66. The van der Waals surface area contributed by atoms with Crippen LogP contribution in [0, 0.1) is 11.7 Å². The fraction of sp³-hybridized carbons (Fsp3) is 0.478. The zero-order valence-corrected chi connectivity index (χ0v) is 15.9. The normalized spacial score (nSPS) is 28.6. The minimum atomic E-state index is -0.582. The molecule has 1 N–H and O–H groups in total. The molecular formula is C23H28FNO2. The van der Waals surface area contributed by atoms with Gasteiger partial charge in [-0.25, -0.2) is 4.39 Å². The third-order valence-electron chi connectivity index (χ3n) is 6.40. The molecule has 0 aromatic heterocycles. The van der Waals surface area contributed by atoms with Gasteiger partial charge in [0, 0.05) is 25.0 Å². The van der Waals surface area contributed by atoms with Gasteiger partial charge in [0.2, 0.25) is 0 Å². The second kappa shape index (κ2) is 7.61. The third-order valence-corrected chi connectivity index (χ3v) is 6.40. The number of hydrogen-bond acceptors (Lipinski definition) is 3. The first-order valence-electron chi connectivity index (χ1n) is 9.94. The molecule has 2 aliphatic rings. The van der Waals surface area contributed by atoms with Crippen LogP contribution < -0.4 is 4.74 Å². The zero-order chi connectivity index (χ0) is 18.9. The Labute approximate surface area is 160 Å². The van der Waals surface area contributed by atoms with Crippen LogP contribution in [0.15, 0.2) is 48.5 Å². The molecule has 2 fully saturated rings. The highest BCUT2D eigenvalue weighted by Crippen LogP contribution is 2.49. The first kappa shape index (κ1) is 18.5. The van der Waals surface area contributed by atoms with E-state index in [-0.39, 0.29) is 17.8 Å². The topological polar surface area (TPSA) is 32.7 Å². The van der Waals surface area contributed by atoms with E-state index in [4.69, 9.17) is 4.74 Å². The van der Waals surface area contributed by atoms with Gasteiger partial charge in [0.05, 0.1) is 12.7 Å². The van der Waals surface area contributed by atoms with Gasteiger partial charge in [-0.15, -0.1) is 0 Å². The van der Waals surface area contributed by atoms with Crippen LogP contribution in [-0.4, -0.2) is 29.3 Å². The molecular weight excluding hydrogens is 341 g/mol. The lowest BCUT2D eigenvalue weighted by molar-refractivity contribution is -0.126. The number of ether oxygens (including phenoxy) is 1. The summed E-state index contributed by atoms with van der Waals surface area (Å²) in [5.41, 5.74) is 1.60. The molecule has 3 unspecified atom stereocenters. The van der Waals surface area contributed by atoms with E-state index in [9.17, 15) is 9.50 Å². The van der Waals surface area contributed by atoms with Crippen LogP contribution in [-0.2, 0) is 6.54 Å². The Morgan fingerprint density at radius 3 is 2.70 bits per heavy atom. The molecule has 0 amide bonds. The number of rotatable bonds is 4. The van der Waals surface area contributed by atoms with E-state index in [0.717, 1.165) is 50.0 Å². The van der Waals surface area contributed by atoms with E-state index in [1.165, 1.54) is 11.6 Å². The summed E-state index contributed by atoms with van der Waals surface area (Å²) >= 11 is 0. The van der Waals surface area contributed by atoms with Gasteiger partial charge in [-0.2, -0.15) is 0 Å². The van der Waals surface area contributed by atoms with Crippen LogP contribution in [0.25, 0.3) is 0 Å². The lowest BCUT2D eigenvalue weighted by Crippen LogP contribution is -2.54. The number of piperidine rings is 1. The fourth-order valence-electron chi connectivity index (χ4n) is 5.03. The van der Waals surface area contributed by atoms with Crippen LogP contribution in [0.4, 0.5) is 4.39 Å². The Bertz CT molecular complexity index is 778. The molecule has 27 heavy (non-hydrogen) atoms. The van der Waals surface area contributed by atoms with Crippen LogP contribution >= 0.6 is 0 Å². The lowest BCUT2D eigenvalue weighted by Gasteiger charge is -2.52. The molecule has 0 radical (unpaired) electrons. The predicted octanol–water partition coefficient (Wildman–Crippen LogP) is 4.70. The van der Waals surface area contributed by atoms with Crippen LogP contribution in [0.5, 0.6) is 5.75 Å². The van der Waals surface area contributed by atoms with E-state index in [0.29, 0.717) is 6.54 Å². The number of aliphatic hydroxyl groups is 1. The monoisotopic (exact) mass is 369 g/mol. The van der Waals surface area contributed by atoms with Crippen molar-refractivity contribution in [2.24, 2.45) is 5.92 Å². The van der Waals surface area contributed by atoms with Crippen LogP contribution in [0.2, 0.25) is 0 Å². The van der Waals surface area contributed by atoms with E-state index in [2.05, 4.69) is 17.0 Å². The maximum absolute atomic E-state index is 13.7. The van der Waals surface area contributed by atoms with Crippen molar-refractivity contribution in [1.29, 1.82) is 0 Å². The summed E-state index contributed by atoms with van der Waals surface area (Å²) in [6, 6.07) is 15.2. The van der Waals surface area contributed by atoms with Crippen molar-refractivity contribution >= 4 is 0 Å².